The minimum atomic E-state index is -0.381. The van der Waals surface area contributed by atoms with Gasteiger partial charge in [0, 0.05) is 13.7 Å². The number of fused-ring (bicyclic) bond motifs is 1. The van der Waals surface area contributed by atoms with Gasteiger partial charge >= 0.3 is 0 Å². The van der Waals surface area contributed by atoms with Gasteiger partial charge in [-0.3, -0.25) is 4.79 Å². The Morgan fingerprint density at radius 3 is 3.09 bits per heavy atom. The van der Waals surface area contributed by atoms with E-state index in [1.807, 2.05) is 0 Å². The molecule has 2 aromatic heterocycles. The van der Waals surface area contributed by atoms with Crippen LogP contribution in [0.1, 0.15) is 0 Å². The fourth-order valence-corrected chi connectivity index (χ4v) is 3.25. The van der Waals surface area contributed by atoms with Crippen LogP contribution in [0.3, 0.4) is 0 Å². The third-order valence-electron chi connectivity index (χ3n) is 3.16. The first-order chi connectivity index (χ1) is 11.2. The summed E-state index contributed by atoms with van der Waals surface area (Å²) < 4.78 is 23.0. The minimum Gasteiger partial charge on any atom is -0.383 e. The Hall–Kier alpha value is -2.39. The van der Waals surface area contributed by atoms with Crippen LogP contribution in [0.5, 0.6) is 0 Å². The highest BCUT2D eigenvalue weighted by Crippen LogP contribution is 2.20. The van der Waals surface area contributed by atoms with Gasteiger partial charge in [0.1, 0.15) is 25.0 Å². The topological polar surface area (TPSA) is 74.3 Å². The van der Waals surface area contributed by atoms with Crippen LogP contribution >= 0.6 is 11.3 Å². The van der Waals surface area contributed by atoms with Crippen molar-refractivity contribution in [2.75, 3.05) is 13.7 Å². The van der Waals surface area contributed by atoms with E-state index < -0.39 is 0 Å². The van der Waals surface area contributed by atoms with E-state index in [9.17, 15) is 9.18 Å². The first kappa shape index (κ1) is 15.5. The van der Waals surface area contributed by atoms with E-state index in [1.54, 1.807) is 23.8 Å². The SMILES string of the molecule is COCCn1c(=NC(=O)Cn2cncn2)sc2cccc(F)c21. The molecule has 3 aromatic rings. The van der Waals surface area contributed by atoms with Crippen LogP contribution in [0.4, 0.5) is 4.39 Å². The van der Waals surface area contributed by atoms with E-state index in [0.717, 1.165) is 4.70 Å². The molecule has 23 heavy (non-hydrogen) atoms. The van der Waals surface area contributed by atoms with Gasteiger partial charge in [0.15, 0.2) is 4.80 Å². The number of methoxy groups -OCH3 is 1. The number of amides is 1. The van der Waals surface area contributed by atoms with Gasteiger partial charge in [0.2, 0.25) is 0 Å². The molecule has 0 radical (unpaired) electrons. The van der Waals surface area contributed by atoms with E-state index in [0.29, 0.717) is 23.5 Å². The maximum atomic E-state index is 14.1. The Bertz CT molecular complexity index is 884. The quantitative estimate of drug-likeness (QED) is 0.702. The fourth-order valence-electron chi connectivity index (χ4n) is 2.16. The van der Waals surface area contributed by atoms with E-state index in [1.165, 1.54) is 34.7 Å². The number of hydrogen-bond acceptors (Lipinski definition) is 5. The summed E-state index contributed by atoms with van der Waals surface area (Å²) in [5.74, 6) is -0.728. The lowest BCUT2D eigenvalue weighted by molar-refractivity contribution is -0.118. The van der Waals surface area contributed by atoms with Gasteiger partial charge in [-0.05, 0) is 12.1 Å². The van der Waals surface area contributed by atoms with E-state index >= 15 is 0 Å². The van der Waals surface area contributed by atoms with Crippen molar-refractivity contribution in [3.05, 3.63) is 41.5 Å². The standard InChI is InChI=1S/C14H14FN5O2S/c1-22-6-5-20-13-10(15)3-2-4-11(13)23-14(20)18-12(21)7-19-9-16-8-17-19/h2-4,8-9H,5-7H2,1H3. The van der Waals surface area contributed by atoms with Crippen molar-refractivity contribution in [3.8, 4) is 0 Å². The van der Waals surface area contributed by atoms with Crippen LogP contribution < -0.4 is 4.80 Å². The van der Waals surface area contributed by atoms with E-state index in [2.05, 4.69) is 15.1 Å². The molecule has 1 aromatic carbocycles. The van der Waals surface area contributed by atoms with Crippen molar-refractivity contribution in [1.82, 2.24) is 19.3 Å². The summed E-state index contributed by atoms with van der Waals surface area (Å²) >= 11 is 1.26. The molecule has 0 N–H and O–H groups in total. The summed E-state index contributed by atoms with van der Waals surface area (Å²) in [6.45, 7) is 0.790. The molecule has 0 unspecified atom stereocenters. The Morgan fingerprint density at radius 2 is 2.35 bits per heavy atom. The zero-order chi connectivity index (χ0) is 16.2. The molecule has 0 aliphatic carbocycles. The molecule has 0 aliphatic rings. The monoisotopic (exact) mass is 335 g/mol. The van der Waals surface area contributed by atoms with E-state index in [4.69, 9.17) is 4.74 Å². The van der Waals surface area contributed by atoms with Crippen LogP contribution in [0.2, 0.25) is 0 Å². The van der Waals surface area contributed by atoms with Gasteiger partial charge in [0.25, 0.3) is 5.91 Å². The third kappa shape index (κ3) is 3.35. The lowest BCUT2D eigenvalue weighted by atomic mass is 10.3. The van der Waals surface area contributed by atoms with Gasteiger partial charge < -0.3 is 9.30 Å². The zero-order valence-corrected chi connectivity index (χ0v) is 13.2. The van der Waals surface area contributed by atoms with Crippen LogP contribution in [0.15, 0.2) is 35.8 Å². The smallest absolute Gasteiger partial charge is 0.270 e. The summed E-state index contributed by atoms with van der Waals surface area (Å²) in [5, 5.41) is 3.87. The molecule has 0 atom stereocenters. The third-order valence-corrected chi connectivity index (χ3v) is 4.20. The molecular weight excluding hydrogens is 321 g/mol. The first-order valence-electron chi connectivity index (χ1n) is 6.86. The second-order valence-corrected chi connectivity index (χ2v) is 5.72. The van der Waals surface area contributed by atoms with Gasteiger partial charge in [-0.15, -0.1) is 0 Å². The number of rotatable bonds is 5. The molecule has 3 rings (SSSR count). The largest absolute Gasteiger partial charge is 0.383 e. The molecule has 9 heteroatoms. The van der Waals surface area contributed by atoms with E-state index in [-0.39, 0.29) is 18.3 Å². The number of carbonyl (C=O) groups is 1. The summed E-state index contributed by atoms with van der Waals surface area (Å²) in [6.07, 6.45) is 2.79. The summed E-state index contributed by atoms with van der Waals surface area (Å²) in [4.78, 5) is 20.4. The number of para-hydroxylation sites is 1. The lowest BCUT2D eigenvalue weighted by Gasteiger charge is -2.04. The van der Waals surface area contributed by atoms with Crippen molar-refractivity contribution in [2.45, 2.75) is 13.1 Å². The second kappa shape index (κ2) is 6.80. The molecule has 1 amide bonds. The van der Waals surface area contributed by atoms with Crippen LogP contribution in [0.25, 0.3) is 10.2 Å². The van der Waals surface area contributed by atoms with Crippen molar-refractivity contribution in [3.63, 3.8) is 0 Å². The molecule has 0 spiro atoms. The first-order valence-corrected chi connectivity index (χ1v) is 7.67. The highest BCUT2D eigenvalue weighted by atomic mass is 32.1. The Kier molecular flexibility index (Phi) is 4.58. The molecule has 0 fully saturated rings. The molecule has 0 saturated carbocycles. The lowest BCUT2D eigenvalue weighted by Crippen LogP contribution is -2.21. The number of halogens is 1. The summed E-state index contributed by atoms with van der Waals surface area (Å²) in [7, 11) is 1.57. The maximum absolute atomic E-state index is 14.1. The molecule has 7 nitrogen and oxygen atoms in total. The molecule has 0 aliphatic heterocycles. The number of thiazole rings is 1. The maximum Gasteiger partial charge on any atom is 0.270 e. The number of benzene rings is 1. The summed E-state index contributed by atoms with van der Waals surface area (Å²) in [5.41, 5.74) is 0.432. The van der Waals surface area contributed by atoms with Crippen LogP contribution in [0, 0.1) is 5.82 Å². The van der Waals surface area contributed by atoms with Crippen molar-refractivity contribution < 1.29 is 13.9 Å². The highest BCUT2D eigenvalue weighted by molar-refractivity contribution is 7.16. The highest BCUT2D eigenvalue weighted by Gasteiger charge is 2.12. The number of carbonyl (C=O) groups excluding carboxylic acids is 1. The molecule has 2 heterocycles. The number of nitrogens with zero attached hydrogens (tertiary/aromatic N) is 5. The number of hydrogen-bond donors (Lipinski definition) is 0. The Labute approximate surface area is 134 Å². The van der Waals surface area contributed by atoms with Gasteiger partial charge in [-0.2, -0.15) is 10.1 Å². The average Bonchev–Trinajstić information content (AvgIpc) is 3.13. The average molecular weight is 335 g/mol. The number of aromatic nitrogens is 4. The molecule has 0 saturated heterocycles. The summed E-state index contributed by atoms with van der Waals surface area (Å²) in [6, 6.07) is 4.82. The van der Waals surface area contributed by atoms with Crippen LogP contribution in [-0.2, 0) is 22.6 Å². The second-order valence-electron chi connectivity index (χ2n) is 4.71. The fraction of sp³-hybridized carbons (Fsp3) is 0.286. The zero-order valence-electron chi connectivity index (χ0n) is 12.3. The van der Waals surface area contributed by atoms with Gasteiger partial charge in [-0.25, -0.2) is 14.1 Å². The predicted molar refractivity (Wildman–Crippen MR) is 82.2 cm³/mol. The van der Waals surface area contributed by atoms with Crippen molar-refractivity contribution in [1.29, 1.82) is 0 Å². The predicted octanol–water partition coefficient (Wildman–Crippen LogP) is 1.21. The van der Waals surface area contributed by atoms with Gasteiger partial charge in [-0.1, -0.05) is 17.4 Å². The molecular formula is C14H14FN5O2S. The van der Waals surface area contributed by atoms with Crippen molar-refractivity contribution >= 4 is 27.5 Å². The normalized spacial score (nSPS) is 12.2. The number of ether oxygens (including phenoxy) is 1. The Balaban J connectivity index is 2.03. The molecule has 120 valence electrons. The minimum absolute atomic E-state index is 0.0129. The van der Waals surface area contributed by atoms with Gasteiger partial charge in [0.05, 0.1) is 16.8 Å². The van der Waals surface area contributed by atoms with Crippen molar-refractivity contribution in [2.24, 2.45) is 4.99 Å². The Morgan fingerprint density at radius 1 is 1.48 bits per heavy atom. The van der Waals surface area contributed by atoms with Crippen LogP contribution in [-0.4, -0.2) is 39.0 Å². The molecule has 0 bridgehead atoms.